The summed E-state index contributed by atoms with van der Waals surface area (Å²) in [7, 11) is 0. The zero-order chi connectivity index (χ0) is 25.4. The molecule has 0 unspecified atom stereocenters. The molecule has 186 valence electrons. The Morgan fingerprint density at radius 1 is 1.08 bits per heavy atom. The van der Waals surface area contributed by atoms with Crippen LogP contribution >= 0.6 is 15.9 Å². The first-order valence-electron chi connectivity index (χ1n) is 11.8. The van der Waals surface area contributed by atoms with Gasteiger partial charge in [0.2, 0.25) is 0 Å². The van der Waals surface area contributed by atoms with Crippen molar-refractivity contribution in [3.05, 3.63) is 74.3 Å². The molecule has 2 fully saturated rings. The third-order valence-corrected chi connectivity index (χ3v) is 7.51. The number of fused-ring (bicyclic) bond motifs is 1. The number of amides is 2. The number of carbonyl (C=O) groups is 2. The lowest BCUT2D eigenvalue weighted by Gasteiger charge is -2.37. The Kier molecular flexibility index (Phi) is 6.61. The smallest absolute Gasteiger partial charge is 0.269 e. The number of hydrogen-bond acceptors (Lipinski definition) is 7. The number of carbonyl (C=O) groups excluding carboxylic acids is 2. The van der Waals surface area contributed by atoms with Gasteiger partial charge < -0.3 is 9.47 Å². The number of ether oxygens (including phenoxy) is 2. The van der Waals surface area contributed by atoms with Crippen LogP contribution in [0.4, 0.5) is 5.69 Å². The number of hydrogen-bond donors (Lipinski definition) is 0. The molecule has 1 saturated heterocycles. The Morgan fingerprint density at radius 2 is 1.72 bits per heavy atom. The maximum atomic E-state index is 13.0. The molecule has 1 saturated carbocycles. The van der Waals surface area contributed by atoms with E-state index in [-0.39, 0.29) is 47.8 Å². The number of benzene rings is 2. The van der Waals surface area contributed by atoms with Crippen LogP contribution in [0, 0.1) is 33.8 Å². The molecule has 2 bridgehead atoms. The molecule has 2 aromatic rings. The highest BCUT2D eigenvalue weighted by atomic mass is 79.9. The van der Waals surface area contributed by atoms with Crippen LogP contribution in [0.15, 0.2) is 58.1 Å². The molecule has 0 aromatic heterocycles. The zero-order valence-electron chi connectivity index (χ0n) is 19.5. The molecular formula is C26H24BrN3O6. The average molecular weight is 554 g/mol. The number of nitrogens with zero attached hydrogens (tertiary/aromatic N) is 3. The lowest BCUT2D eigenvalue weighted by molar-refractivity contribution is -0.384. The third-order valence-electron chi connectivity index (χ3n) is 6.92. The van der Waals surface area contributed by atoms with Crippen LogP contribution in [0.1, 0.15) is 30.9 Å². The van der Waals surface area contributed by atoms with Gasteiger partial charge in [-0.2, -0.15) is 10.1 Å². The molecule has 6 rings (SSSR count). The predicted molar refractivity (Wildman–Crippen MR) is 135 cm³/mol. The predicted octanol–water partition coefficient (Wildman–Crippen LogP) is 4.87. The van der Waals surface area contributed by atoms with E-state index < -0.39 is 4.92 Å². The topological polar surface area (TPSA) is 111 Å². The number of non-ortho nitro benzene ring substituents is 1. The second kappa shape index (κ2) is 9.85. The van der Waals surface area contributed by atoms with Crippen LogP contribution in [0.3, 0.4) is 0 Å². The van der Waals surface area contributed by atoms with E-state index in [0.717, 1.165) is 23.4 Å². The van der Waals surface area contributed by atoms with Crippen molar-refractivity contribution < 1.29 is 24.0 Å². The molecule has 1 heterocycles. The van der Waals surface area contributed by atoms with E-state index in [1.807, 2.05) is 6.92 Å². The Hall–Kier alpha value is -3.53. The highest BCUT2D eigenvalue weighted by Gasteiger charge is 2.56. The molecule has 10 heteroatoms. The van der Waals surface area contributed by atoms with E-state index in [4.69, 9.17) is 9.47 Å². The minimum atomic E-state index is -0.451. The number of halogens is 1. The number of nitro groups is 1. The van der Waals surface area contributed by atoms with E-state index in [9.17, 15) is 19.7 Å². The third kappa shape index (κ3) is 4.41. The first-order valence-corrected chi connectivity index (χ1v) is 12.6. The monoisotopic (exact) mass is 553 g/mol. The Morgan fingerprint density at radius 3 is 2.28 bits per heavy atom. The van der Waals surface area contributed by atoms with Crippen LogP contribution in [-0.4, -0.2) is 34.6 Å². The van der Waals surface area contributed by atoms with Crippen molar-refractivity contribution in [1.29, 1.82) is 0 Å². The van der Waals surface area contributed by atoms with Crippen molar-refractivity contribution in [2.75, 3.05) is 6.61 Å². The van der Waals surface area contributed by atoms with E-state index in [2.05, 4.69) is 33.2 Å². The molecule has 0 spiro atoms. The van der Waals surface area contributed by atoms with Gasteiger partial charge in [-0.3, -0.25) is 19.7 Å². The highest BCUT2D eigenvalue weighted by Crippen LogP contribution is 2.49. The van der Waals surface area contributed by atoms with Crippen LogP contribution < -0.4 is 9.47 Å². The van der Waals surface area contributed by atoms with Gasteiger partial charge in [-0.25, -0.2) is 0 Å². The second-order valence-corrected chi connectivity index (χ2v) is 9.90. The van der Waals surface area contributed by atoms with E-state index >= 15 is 0 Å². The van der Waals surface area contributed by atoms with Crippen LogP contribution in [0.5, 0.6) is 11.5 Å². The molecule has 1 aliphatic heterocycles. The maximum absolute atomic E-state index is 13.0. The summed E-state index contributed by atoms with van der Waals surface area (Å²) in [5.41, 5.74) is 1.40. The molecule has 0 radical (unpaired) electrons. The molecular weight excluding hydrogens is 530 g/mol. The van der Waals surface area contributed by atoms with Gasteiger partial charge in [0.15, 0.2) is 11.5 Å². The van der Waals surface area contributed by atoms with Crippen molar-refractivity contribution in [3.8, 4) is 11.5 Å². The van der Waals surface area contributed by atoms with Crippen LogP contribution in [0.25, 0.3) is 0 Å². The molecule has 9 nitrogen and oxygen atoms in total. The van der Waals surface area contributed by atoms with Gasteiger partial charge in [-0.15, -0.1) is 0 Å². The minimum absolute atomic E-state index is 0.0108. The Labute approximate surface area is 216 Å². The summed E-state index contributed by atoms with van der Waals surface area (Å²) in [4.78, 5) is 36.4. The summed E-state index contributed by atoms with van der Waals surface area (Å²) in [5, 5.41) is 16.2. The quantitative estimate of drug-likeness (QED) is 0.151. The summed E-state index contributed by atoms with van der Waals surface area (Å²) < 4.78 is 12.3. The van der Waals surface area contributed by atoms with Gasteiger partial charge in [-0.05, 0) is 82.9 Å². The molecule has 4 aliphatic rings. The standard InChI is InChI=1S/C26H24BrN3O6/c1-2-35-21-12-16(11-20(27)24(21)36-14-15-3-9-19(10-4-15)30(33)34)13-28-29-25(31)22-17-5-6-18(8-7-17)23(22)26(29)32/h3-6,9-13,17-18,22-23H,2,7-8,14H2,1H3/b28-13-/t17-,18-,22-,23+/m0/s1. The molecule has 0 N–H and O–H groups in total. The number of allylic oxidation sites excluding steroid dienone is 2. The largest absolute Gasteiger partial charge is 0.490 e. The van der Waals surface area contributed by atoms with Crippen molar-refractivity contribution in [2.24, 2.45) is 28.8 Å². The fraction of sp³-hybridized carbons (Fsp3) is 0.346. The van der Waals surface area contributed by atoms with E-state index in [0.29, 0.717) is 28.1 Å². The second-order valence-electron chi connectivity index (χ2n) is 9.05. The van der Waals surface area contributed by atoms with Gasteiger partial charge >= 0.3 is 0 Å². The Bertz CT molecular complexity index is 1240. The summed E-state index contributed by atoms with van der Waals surface area (Å²) in [6, 6.07) is 9.62. The highest BCUT2D eigenvalue weighted by molar-refractivity contribution is 9.10. The normalized spacial score (nSPS) is 24.4. The number of nitro benzene ring substituents is 1. The number of rotatable bonds is 8. The molecule has 3 aliphatic carbocycles. The lowest BCUT2D eigenvalue weighted by atomic mass is 9.63. The van der Waals surface area contributed by atoms with Crippen molar-refractivity contribution in [2.45, 2.75) is 26.4 Å². The van der Waals surface area contributed by atoms with Gasteiger partial charge in [0, 0.05) is 12.1 Å². The molecule has 4 atom stereocenters. The first-order chi connectivity index (χ1) is 17.4. The molecule has 2 aromatic carbocycles. The van der Waals surface area contributed by atoms with Gasteiger partial charge in [0.1, 0.15) is 6.61 Å². The summed E-state index contributed by atoms with van der Waals surface area (Å²) in [5.74, 6) is 0.0863. The van der Waals surface area contributed by atoms with Crippen molar-refractivity contribution in [3.63, 3.8) is 0 Å². The molecule has 2 amide bonds. The summed E-state index contributed by atoms with van der Waals surface area (Å²) >= 11 is 3.51. The van der Waals surface area contributed by atoms with Crippen LogP contribution in [-0.2, 0) is 16.2 Å². The van der Waals surface area contributed by atoms with Gasteiger partial charge in [-0.1, -0.05) is 12.2 Å². The summed E-state index contributed by atoms with van der Waals surface area (Å²) in [6.07, 6.45) is 7.51. The zero-order valence-corrected chi connectivity index (χ0v) is 21.1. The fourth-order valence-electron chi connectivity index (χ4n) is 5.23. The SMILES string of the molecule is CCOc1cc(/C=N\N2C(=O)[C@@H]3[C@H](C2=O)[C@H]2C=C[C@H]3CC2)cc(Br)c1OCc1ccc([N+](=O)[O-])cc1. The lowest BCUT2D eigenvalue weighted by Crippen LogP contribution is -2.38. The average Bonchev–Trinajstić information content (AvgIpc) is 3.15. The van der Waals surface area contributed by atoms with E-state index in [1.54, 1.807) is 24.3 Å². The van der Waals surface area contributed by atoms with Crippen molar-refractivity contribution >= 4 is 39.6 Å². The number of imide groups is 1. The van der Waals surface area contributed by atoms with Gasteiger partial charge in [0.25, 0.3) is 17.5 Å². The van der Waals surface area contributed by atoms with Gasteiger partial charge in [0.05, 0.1) is 34.1 Å². The minimum Gasteiger partial charge on any atom is -0.490 e. The fourth-order valence-corrected chi connectivity index (χ4v) is 5.81. The van der Waals surface area contributed by atoms with E-state index in [1.165, 1.54) is 18.3 Å². The molecule has 36 heavy (non-hydrogen) atoms. The maximum Gasteiger partial charge on any atom is 0.269 e. The Balaban J connectivity index is 1.33. The number of hydrazone groups is 1. The first kappa shape index (κ1) is 24.2. The van der Waals surface area contributed by atoms with Crippen LogP contribution in [0.2, 0.25) is 0 Å². The van der Waals surface area contributed by atoms with Crippen molar-refractivity contribution in [1.82, 2.24) is 5.01 Å². The summed E-state index contributed by atoms with van der Waals surface area (Å²) in [6.45, 7) is 2.42.